The number of ketones is 2. The maximum absolute atomic E-state index is 14.2. The molecule has 4 aromatic heterocycles. The lowest BCUT2D eigenvalue weighted by molar-refractivity contribution is -0.139. The van der Waals surface area contributed by atoms with Crippen LogP contribution >= 0.6 is 11.3 Å². The highest BCUT2D eigenvalue weighted by molar-refractivity contribution is 7.10. The SMILES string of the molecule is CN[C@@H](C)C(=O)N[C@H](C(=O)N1CCC[C@H]1c1nc(C(=O)c2cccc(OCCC(=O)N3CCN(c4ccc(Nc5ncc6c(C)c(C(C)=O)c(=O)n(C7CCCC7)c6n5)nc4)CC3)c2)cs1)C1CCCCC1. The largest absolute Gasteiger partial charge is 0.493 e. The van der Waals surface area contributed by atoms with Crippen molar-refractivity contribution in [3.05, 3.63) is 91.9 Å². The molecule has 0 unspecified atom stereocenters. The summed E-state index contributed by atoms with van der Waals surface area (Å²) in [6, 6.07) is 9.41. The number of carbonyl (C=O) groups is 5. The topological polar surface area (TPSA) is 214 Å². The van der Waals surface area contributed by atoms with Crippen molar-refractivity contribution in [3.63, 3.8) is 0 Å². The summed E-state index contributed by atoms with van der Waals surface area (Å²) in [6.07, 6.45) is 13.9. The first kappa shape index (κ1) is 50.3. The van der Waals surface area contributed by atoms with Crippen LogP contribution in [0.15, 0.2) is 59.0 Å². The minimum atomic E-state index is -0.598. The molecule has 9 rings (SSSR count). The number of likely N-dealkylation sites (tertiary alicyclic amines) is 1. The van der Waals surface area contributed by atoms with Gasteiger partial charge >= 0.3 is 0 Å². The fraction of sp³-hybridized carbons (Fsp3) is 0.509. The van der Waals surface area contributed by atoms with Crippen LogP contribution in [-0.4, -0.2) is 122 Å². The molecule has 1 aromatic carbocycles. The number of anilines is 3. The van der Waals surface area contributed by atoms with E-state index in [9.17, 15) is 28.8 Å². The first-order valence-corrected chi connectivity index (χ1v) is 26.5. The van der Waals surface area contributed by atoms with Crippen molar-refractivity contribution in [2.75, 3.05) is 56.6 Å². The number of fused-ring (bicyclic) bond motifs is 1. The summed E-state index contributed by atoms with van der Waals surface area (Å²) in [5.74, 6) is 0.602. The zero-order chi connectivity index (χ0) is 50.5. The third-order valence-corrected chi connectivity index (χ3v) is 15.9. The van der Waals surface area contributed by atoms with Crippen LogP contribution in [0.3, 0.4) is 0 Å². The molecule has 0 bridgehead atoms. The van der Waals surface area contributed by atoms with Gasteiger partial charge in [-0.3, -0.25) is 33.3 Å². The number of nitrogens with one attached hydrogen (secondary N) is 3. The lowest BCUT2D eigenvalue weighted by Crippen LogP contribution is -2.55. The number of hydrogen-bond donors (Lipinski definition) is 3. The molecule has 18 nitrogen and oxygen atoms in total. The Bertz CT molecular complexity index is 2870. The highest BCUT2D eigenvalue weighted by atomic mass is 32.1. The van der Waals surface area contributed by atoms with Gasteiger partial charge in [0, 0.05) is 61.3 Å². The number of thiazole rings is 1. The number of benzene rings is 1. The van der Waals surface area contributed by atoms with E-state index in [1.807, 2.05) is 21.9 Å². The van der Waals surface area contributed by atoms with Crippen LogP contribution < -0.4 is 31.1 Å². The van der Waals surface area contributed by atoms with Gasteiger partial charge in [-0.1, -0.05) is 44.2 Å². The molecule has 3 atom stereocenters. The van der Waals surface area contributed by atoms with E-state index in [2.05, 4.69) is 30.8 Å². The lowest BCUT2D eigenvalue weighted by Gasteiger charge is -2.36. The van der Waals surface area contributed by atoms with Crippen molar-refractivity contribution in [3.8, 4) is 5.75 Å². The Balaban J connectivity index is 0.754. The quantitative estimate of drug-likeness (QED) is 0.0828. The van der Waals surface area contributed by atoms with Gasteiger partial charge in [-0.2, -0.15) is 4.98 Å². The summed E-state index contributed by atoms with van der Waals surface area (Å²) < 4.78 is 7.70. The van der Waals surface area contributed by atoms with Crippen molar-refractivity contribution in [2.45, 2.75) is 122 Å². The van der Waals surface area contributed by atoms with Crippen LogP contribution in [0.25, 0.3) is 11.0 Å². The van der Waals surface area contributed by atoms with Gasteiger partial charge in [0.05, 0.1) is 42.6 Å². The minimum Gasteiger partial charge on any atom is -0.493 e. The molecule has 0 spiro atoms. The van der Waals surface area contributed by atoms with Crippen molar-refractivity contribution >= 4 is 69.1 Å². The lowest BCUT2D eigenvalue weighted by atomic mass is 9.83. The van der Waals surface area contributed by atoms with Gasteiger partial charge in [0.1, 0.15) is 34.0 Å². The van der Waals surface area contributed by atoms with E-state index >= 15 is 0 Å². The Morgan fingerprint density at radius 3 is 2.36 bits per heavy atom. The van der Waals surface area contributed by atoms with Crippen LogP contribution in [-0.2, 0) is 14.4 Å². The molecule has 4 aliphatic rings. The molecular formula is C53H65N11O7S. The first-order chi connectivity index (χ1) is 34.9. The highest BCUT2D eigenvalue weighted by Gasteiger charge is 2.40. The Morgan fingerprint density at radius 2 is 1.64 bits per heavy atom. The predicted octanol–water partition coefficient (Wildman–Crippen LogP) is 6.70. The number of aromatic nitrogens is 5. The number of pyridine rings is 2. The van der Waals surface area contributed by atoms with Gasteiger partial charge in [0.15, 0.2) is 5.78 Å². The van der Waals surface area contributed by atoms with Gasteiger partial charge in [0.2, 0.25) is 29.5 Å². The van der Waals surface area contributed by atoms with Gasteiger partial charge in [-0.05, 0) is 102 Å². The Morgan fingerprint density at radius 1 is 0.875 bits per heavy atom. The third kappa shape index (κ3) is 10.9. The fourth-order valence-electron chi connectivity index (χ4n) is 10.8. The molecule has 380 valence electrons. The van der Waals surface area contributed by atoms with E-state index in [0.29, 0.717) is 83.1 Å². The summed E-state index contributed by atoms with van der Waals surface area (Å²) in [5.41, 5.74) is 2.63. The van der Waals surface area contributed by atoms with Gasteiger partial charge in [-0.15, -0.1) is 11.3 Å². The number of ether oxygens (including phenoxy) is 1. The Hall–Kier alpha value is -6.60. The average molecular weight is 1000 g/mol. The maximum Gasteiger partial charge on any atom is 0.263 e. The van der Waals surface area contributed by atoms with Crippen molar-refractivity contribution < 1.29 is 28.7 Å². The van der Waals surface area contributed by atoms with Gasteiger partial charge in [-0.25, -0.2) is 15.0 Å². The minimum absolute atomic E-state index is 0.0181. The molecule has 4 fully saturated rings. The number of amides is 3. The first-order valence-electron chi connectivity index (χ1n) is 25.6. The molecule has 3 N–H and O–H groups in total. The number of piperazine rings is 1. The van der Waals surface area contributed by atoms with E-state index in [1.165, 1.54) is 18.3 Å². The molecule has 19 heteroatoms. The second-order valence-corrected chi connectivity index (χ2v) is 20.5. The van der Waals surface area contributed by atoms with E-state index in [-0.39, 0.29) is 71.4 Å². The van der Waals surface area contributed by atoms with Crippen LogP contribution in [0.5, 0.6) is 5.75 Å². The molecular weight excluding hydrogens is 935 g/mol. The number of carbonyl (C=O) groups excluding carboxylic acids is 5. The second-order valence-electron chi connectivity index (χ2n) is 19.6. The van der Waals surface area contributed by atoms with E-state index < -0.39 is 12.1 Å². The second kappa shape index (κ2) is 22.4. The summed E-state index contributed by atoms with van der Waals surface area (Å²) in [7, 11) is 1.73. The monoisotopic (exact) mass is 999 g/mol. The zero-order valence-corrected chi connectivity index (χ0v) is 42.5. The van der Waals surface area contributed by atoms with E-state index in [1.54, 1.807) is 67.5 Å². The molecule has 2 saturated heterocycles. The van der Waals surface area contributed by atoms with Crippen LogP contribution in [0, 0.1) is 12.8 Å². The number of rotatable bonds is 17. The van der Waals surface area contributed by atoms with E-state index in [0.717, 1.165) is 76.3 Å². The molecule has 2 aliphatic carbocycles. The van der Waals surface area contributed by atoms with Crippen molar-refractivity contribution in [2.24, 2.45) is 5.92 Å². The number of hydrogen-bond acceptors (Lipinski definition) is 15. The van der Waals surface area contributed by atoms with Crippen LogP contribution in [0.2, 0.25) is 0 Å². The normalized spacial score (nSPS) is 18.6. The molecule has 3 amide bonds. The fourth-order valence-corrected chi connectivity index (χ4v) is 11.8. The molecule has 5 aromatic rings. The maximum atomic E-state index is 14.2. The summed E-state index contributed by atoms with van der Waals surface area (Å²) in [6.45, 7) is 8.04. The summed E-state index contributed by atoms with van der Waals surface area (Å²) >= 11 is 1.38. The Labute approximate surface area is 423 Å². The highest BCUT2D eigenvalue weighted by Crippen LogP contribution is 2.37. The average Bonchev–Trinajstić information content (AvgIpc) is 4.22. The van der Waals surface area contributed by atoms with Crippen LogP contribution in [0.4, 0.5) is 17.5 Å². The summed E-state index contributed by atoms with van der Waals surface area (Å²) in [4.78, 5) is 105. The van der Waals surface area contributed by atoms with Crippen molar-refractivity contribution in [1.29, 1.82) is 0 Å². The molecule has 72 heavy (non-hydrogen) atoms. The molecule has 2 aliphatic heterocycles. The van der Waals surface area contributed by atoms with Crippen LogP contribution in [0.1, 0.15) is 140 Å². The van der Waals surface area contributed by atoms with Gasteiger partial charge in [0.25, 0.3) is 5.56 Å². The zero-order valence-electron chi connectivity index (χ0n) is 41.7. The Kier molecular flexibility index (Phi) is 15.7. The number of likely N-dealkylation sites (N-methyl/N-ethyl adjacent to an activating group) is 1. The third-order valence-electron chi connectivity index (χ3n) is 15.0. The van der Waals surface area contributed by atoms with E-state index in [4.69, 9.17) is 14.7 Å². The number of aryl methyl sites for hydroxylation is 1. The number of Topliss-reactive ketones (excluding diaryl/α,β-unsaturated/α-hetero) is 1. The standard InChI is InChI=1S/C53H65N11O7S/c1-32-40-30-56-53(60-48(40)64(37-15-8-9-16-37)51(69)45(32)34(3)65)58-43-20-19-38(29-55-43)61-23-25-62(26-24-61)44(66)21-27-71-39-17-10-14-36(28-39)47(67)41-31-72-50(57-41)42-18-11-22-63(42)52(70)46(35-12-6-5-7-13-35)59-49(68)33(2)54-4/h10,14,17,19-20,28-31,33,35,37,42,46,54H,5-9,11-13,15-16,18,21-27H2,1-4H3,(H,59,68)(H,55,56,58,60)/t33-,42-,46-/m0/s1. The number of nitrogens with zero attached hydrogens (tertiary/aromatic N) is 8. The smallest absolute Gasteiger partial charge is 0.263 e. The molecule has 0 radical (unpaired) electrons. The van der Waals surface area contributed by atoms with Crippen molar-refractivity contribution in [1.82, 2.24) is 44.9 Å². The molecule has 2 saturated carbocycles. The summed E-state index contributed by atoms with van der Waals surface area (Å²) in [5, 5.41) is 12.4. The molecule has 6 heterocycles. The predicted molar refractivity (Wildman–Crippen MR) is 275 cm³/mol. The van der Waals surface area contributed by atoms with Gasteiger partial charge < -0.3 is 35.4 Å².